The van der Waals surface area contributed by atoms with Gasteiger partial charge in [0, 0.05) is 20.3 Å². The maximum atomic E-state index is 3.57. The zero-order valence-electron chi connectivity index (χ0n) is 11.0. The van der Waals surface area contributed by atoms with Crippen LogP contribution in [0.3, 0.4) is 0 Å². The van der Waals surface area contributed by atoms with Gasteiger partial charge in [0.25, 0.3) is 0 Å². The maximum absolute atomic E-state index is 3.57. The number of rotatable bonds is 6. The average molecular weight is 220 g/mol. The van der Waals surface area contributed by atoms with Crippen LogP contribution in [-0.4, -0.2) is 18.2 Å². The molecule has 0 amide bonds. The van der Waals surface area contributed by atoms with Crippen LogP contribution in [0.15, 0.2) is 0 Å². The van der Waals surface area contributed by atoms with E-state index in [2.05, 4.69) is 44.8 Å². The highest BCUT2D eigenvalue weighted by molar-refractivity contribution is 7.53. The van der Waals surface area contributed by atoms with Crippen molar-refractivity contribution >= 4 is 8.22 Å². The average Bonchev–Trinajstić information content (AvgIpc) is 2.06. The zero-order chi connectivity index (χ0) is 11.6. The second-order valence-corrected chi connectivity index (χ2v) is 5.54. The molecule has 0 radical (unpaired) electrons. The fourth-order valence-corrected chi connectivity index (χ4v) is 3.04. The Labute approximate surface area is 92.1 Å². The van der Waals surface area contributed by atoms with E-state index in [1.54, 1.807) is 0 Å². The summed E-state index contributed by atoms with van der Waals surface area (Å²) < 4.78 is 0. The molecule has 0 saturated heterocycles. The topological polar surface area (TPSA) is 24.1 Å². The number of hydrogen-bond donors (Lipinski definition) is 2. The minimum absolute atomic E-state index is 0.140. The predicted octanol–water partition coefficient (Wildman–Crippen LogP) is 3.73. The van der Waals surface area contributed by atoms with E-state index in [1.807, 2.05) is 13.8 Å². The van der Waals surface area contributed by atoms with Crippen molar-refractivity contribution in [1.82, 2.24) is 10.2 Å². The number of nitrogens with one attached hydrogen (secondary N) is 2. The molecule has 0 unspecified atom stereocenters. The van der Waals surface area contributed by atoms with Gasteiger partial charge in [-0.2, -0.15) is 0 Å². The standard InChI is InChI=1S/C9H23N2P.C2H6/c1-6-7-12(10-8(2)3)11-9(4)5;1-2/h8-11H,6-7H2,1-5H3;1-2H3. The van der Waals surface area contributed by atoms with Gasteiger partial charge in [-0.15, -0.1) is 0 Å². The number of hydrogen-bond acceptors (Lipinski definition) is 2. The molecule has 0 aliphatic heterocycles. The van der Waals surface area contributed by atoms with Gasteiger partial charge in [-0.3, -0.25) is 10.2 Å². The van der Waals surface area contributed by atoms with Crippen LogP contribution in [0, 0.1) is 0 Å². The second-order valence-electron chi connectivity index (χ2n) is 3.72. The highest BCUT2D eigenvalue weighted by atomic mass is 31.1. The van der Waals surface area contributed by atoms with Crippen molar-refractivity contribution in [2.45, 2.75) is 67.0 Å². The molecule has 0 aromatic carbocycles. The molecule has 88 valence electrons. The third-order valence-corrected chi connectivity index (χ3v) is 3.83. The van der Waals surface area contributed by atoms with Gasteiger partial charge >= 0.3 is 0 Å². The Morgan fingerprint density at radius 2 is 1.29 bits per heavy atom. The van der Waals surface area contributed by atoms with Crippen molar-refractivity contribution < 1.29 is 0 Å². The lowest BCUT2D eigenvalue weighted by Gasteiger charge is -2.23. The SMILES string of the molecule is CC.CCCP(NC(C)C)NC(C)C. The molecular weight excluding hydrogens is 191 g/mol. The van der Waals surface area contributed by atoms with Gasteiger partial charge in [0.15, 0.2) is 0 Å². The molecule has 0 aromatic heterocycles. The van der Waals surface area contributed by atoms with Gasteiger partial charge in [0.1, 0.15) is 0 Å². The summed E-state index contributed by atoms with van der Waals surface area (Å²) in [5.41, 5.74) is 0. The summed E-state index contributed by atoms with van der Waals surface area (Å²) in [5, 5.41) is 7.13. The second kappa shape index (κ2) is 11.4. The van der Waals surface area contributed by atoms with Gasteiger partial charge in [0.05, 0.1) is 0 Å². The normalized spacial score (nSPS) is 10.7. The lowest BCUT2D eigenvalue weighted by atomic mass is 10.4. The van der Waals surface area contributed by atoms with Gasteiger partial charge in [-0.1, -0.05) is 20.8 Å². The Morgan fingerprint density at radius 1 is 0.929 bits per heavy atom. The Bertz CT molecular complexity index is 95.5. The first-order chi connectivity index (χ1) is 6.56. The predicted molar refractivity (Wildman–Crippen MR) is 70.0 cm³/mol. The van der Waals surface area contributed by atoms with E-state index in [-0.39, 0.29) is 8.22 Å². The molecule has 0 atom stereocenters. The third kappa shape index (κ3) is 12.3. The minimum Gasteiger partial charge on any atom is -0.281 e. The summed E-state index contributed by atoms with van der Waals surface area (Å²) in [7, 11) is -0.140. The molecular formula is C11H29N2P. The first-order valence-electron chi connectivity index (χ1n) is 5.86. The van der Waals surface area contributed by atoms with Crippen LogP contribution in [0.4, 0.5) is 0 Å². The zero-order valence-corrected chi connectivity index (χ0v) is 11.9. The van der Waals surface area contributed by atoms with Crippen LogP contribution in [0.1, 0.15) is 54.9 Å². The molecule has 0 bridgehead atoms. The highest BCUT2D eigenvalue weighted by Crippen LogP contribution is 2.27. The lowest BCUT2D eigenvalue weighted by Crippen LogP contribution is -2.29. The van der Waals surface area contributed by atoms with E-state index in [9.17, 15) is 0 Å². The smallest absolute Gasteiger partial charge is 0.0343 e. The lowest BCUT2D eigenvalue weighted by molar-refractivity contribution is 0.708. The summed E-state index contributed by atoms with van der Waals surface area (Å²) in [6.07, 6.45) is 2.52. The molecule has 14 heavy (non-hydrogen) atoms. The summed E-state index contributed by atoms with van der Waals surface area (Å²) in [6.45, 7) is 15.0. The molecule has 0 rings (SSSR count). The van der Waals surface area contributed by atoms with Gasteiger partial charge in [-0.25, -0.2) is 0 Å². The summed E-state index contributed by atoms with van der Waals surface area (Å²) in [6, 6.07) is 1.18. The van der Waals surface area contributed by atoms with Crippen molar-refractivity contribution in [2.75, 3.05) is 6.16 Å². The first kappa shape index (κ1) is 16.8. The van der Waals surface area contributed by atoms with Crippen LogP contribution < -0.4 is 10.2 Å². The monoisotopic (exact) mass is 220 g/mol. The molecule has 0 spiro atoms. The van der Waals surface area contributed by atoms with Gasteiger partial charge < -0.3 is 0 Å². The van der Waals surface area contributed by atoms with Crippen molar-refractivity contribution in [2.24, 2.45) is 0 Å². The van der Waals surface area contributed by atoms with Crippen molar-refractivity contribution in [3.8, 4) is 0 Å². The summed E-state index contributed by atoms with van der Waals surface area (Å²) in [4.78, 5) is 0. The Hall–Kier alpha value is 0.350. The summed E-state index contributed by atoms with van der Waals surface area (Å²) in [5.74, 6) is 0. The Kier molecular flexibility index (Phi) is 13.7. The van der Waals surface area contributed by atoms with Crippen molar-refractivity contribution in [1.29, 1.82) is 0 Å². The highest BCUT2D eigenvalue weighted by Gasteiger charge is 2.08. The Morgan fingerprint density at radius 3 is 1.50 bits per heavy atom. The molecule has 2 N–H and O–H groups in total. The van der Waals surface area contributed by atoms with Crippen LogP contribution in [-0.2, 0) is 0 Å². The largest absolute Gasteiger partial charge is 0.281 e. The van der Waals surface area contributed by atoms with Gasteiger partial charge in [-0.05, 0) is 40.3 Å². The molecule has 0 aromatic rings. The van der Waals surface area contributed by atoms with E-state index >= 15 is 0 Å². The fraction of sp³-hybridized carbons (Fsp3) is 1.00. The van der Waals surface area contributed by atoms with Crippen molar-refractivity contribution in [3.05, 3.63) is 0 Å². The van der Waals surface area contributed by atoms with Crippen LogP contribution in [0.25, 0.3) is 0 Å². The third-order valence-electron chi connectivity index (χ3n) is 1.28. The van der Waals surface area contributed by atoms with Crippen LogP contribution >= 0.6 is 8.22 Å². The van der Waals surface area contributed by atoms with Crippen molar-refractivity contribution in [3.63, 3.8) is 0 Å². The van der Waals surface area contributed by atoms with E-state index in [0.717, 1.165) is 0 Å². The first-order valence-corrected chi connectivity index (χ1v) is 7.38. The van der Waals surface area contributed by atoms with E-state index in [4.69, 9.17) is 0 Å². The Balaban J connectivity index is 0. The summed E-state index contributed by atoms with van der Waals surface area (Å²) >= 11 is 0. The van der Waals surface area contributed by atoms with E-state index in [1.165, 1.54) is 12.6 Å². The quantitative estimate of drug-likeness (QED) is 0.666. The van der Waals surface area contributed by atoms with Crippen LogP contribution in [0.5, 0.6) is 0 Å². The molecule has 0 saturated carbocycles. The molecule has 0 fully saturated rings. The van der Waals surface area contributed by atoms with E-state index in [0.29, 0.717) is 12.1 Å². The maximum Gasteiger partial charge on any atom is 0.0343 e. The molecule has 0 heterocycles. The molecule has 0 aliphatic carbocycles. The van der Waals surface area contributed by atoms with Gasteiger partial charge in [0.2, 0.25) is 0 Å². The fourth-order valence-electron chi connectivity index (χ4n) is 1.01. The molecule has 3 heteroatoms. The molecule has 2 nitrogen and oxygen atoms in total. The minimum atomic E-state index is -0.140. The van der Waals surface area contributed by atoms with E-state index < -0.39 is 0 Å². The molecule has 0 aliphatic rings. The van der Waals surface area contributed by atoms with Crippen LogP contribution in [0.2, 0.25) is 0 Å².